The normalized spacial score (nSPS) is 17.3. The molecule has 1 N–H and O–H groups in total. The molecule has 0 radical (unpaired) electrons. The Hall–Kier alpha value is -1.59. The van der Waals surface area contributed by atoms with Gasteiger partial charge in [0, 0.05) is 0 Å². The first-order valence-corrected chi connectivity index (χ1v) is 5.45. The van der Waals surface area contributed by atoms with Gasteiger partial charge in [-0.25, -0.2) is 4.39 Å². The van der Waals surface area contributed by atoms with Crippen LogP contribution in [0.2, 0.25) is 0 Å². The minimum Gasteiger partial charge on any atom is -0.346 e. The topological polar surface area (TPSA) is 29.1 Å². The molecule has 0 unspecified atom stereocenters. The van der Waals surface area contributed by atoms with Gasteiger partial charge in [0.1, 0.15) is 12.2 Å². The fourth-order valence-electron chi connectivity index (χ4n) is 1.89. The molecule has 0 aliphatic heterocycles. The van der Waals surface area contributed by atoms with Crippen LogP contribution in [0.5, 0.6) is 0 Å². The standard InChI is InChI=1S/C12H11F4NO/c13-9-3-1-2-8(6-9)11(4-5-11)17-10(18)7-12(14,15)16/h1-3,6H,4-5,7H2,(H,17,18). The predicted molar refractivity (Wildman–Crippen MR) is 56.1 cm³/mol. The van der Waals surface area contributed by atoms with E-state index in [0.29, 0.717) is 18.4 Å². The third-order valence-corrected chi connectivity index (χ3v) is 2.87. The van der Waals surface area contributed by atoms with Crippen molar-refractivity contribution in [1.82, 2.24) is 5.32 Å². The van der Waals surface area contributed by atoms with Crippen molar-refractivity contribution in [2.24, 2.45) is 0 Å². The van der Waals surface area contributed by atoms with Gasteiger partial charge in [-0.1, -0.05) is 12.1 Å². The molecule has 0 atom stereocenters. The molecule has 0 aromatic heterocycles. The van der Waals surface area contributed by atoms with Crippen LogP contribution in [0.1, 0.15) is 24.8 Å². The summed E-state index contributed by atoms with van der Waals surface area (Å²) in [7, 11) is 0. The van der Waals surface area contributed by atoms with Crippen LogP contribution in [0.3, 0.4) is 0 Å². The number of hydrogen-bond donors (Lipinski definition) is 1. The van der Waals surface area contributed by atoms with Crippen LogP contribution in [0.4, 0.5) is 17.6 Å². The molecule has 1 aliphatic carbocycles. The lowest BCUT2D eigenvalue weighted by Gasteiger charge is -2.18. The van der Waals surface area contributed by atoms with Crippen LogP contribution in [0.25, 0.3) is 0 Å². The first-order valence-electron chi connectivity index (χ1n) is 5.45. The number of benzene rings is 1. The average Bonchev–Trinajstić information content (AvgIpc) is 2.95. The largest absolute Gasteiger partial charge is 0.397 e. The molecule has 1 aliphatic rings. The Kier molecular flexibility index (Phi) is 3.04. The van der Waals surface area contributed by atoms with Gasteiger partial charge in [0.2, 0.25) is 5.91 Å². The van der Waals surface area contributed by atoms with E-state index in [-0.39, 0.29) is 0 Å². The lowest BCUT2D eigenvalue weighted by atomic mass is 10.0. The highest BCUT2D eigenvalue weighted by atomic mass is 19.4. The number of carbonyl (C=O) groups excluding carboxylic acids is 1. The summed E-state index contributed by atoms with van der Waals surface area (Å²) in [4.78, 5) is 11.2. The van der Waals surface area contributed by atoms with Gasteiger partial charge in [0.05, 0.1) is 5.54 Å². The van der Waals surface area contributed by atoms with Crippen molar-refractivity contribution >= 4 is 5.91 Å². The average molecular weight is 261 g/mol. The number of nitrogens with one attached hydrogen (secondary N) is 1. The lowest BCUT2D eigenvalue weighted by Crippen LogP contribution is -2.37. The molecule has 2 rings (SSSR count). The van der Waals surface area contributed by atoms with Gasteiger partial charge in [-0.05, 0) is 30.5 Å². The number of rotatable bonds is 3. The number of hydrogen-bond acceptors (Lipinski definition) is 1. The quantitative estimate of drug-likeness (QED) is 0.833. The van der Waals surface area contributed by atoms with E-state index in [1.165, 1.54) is 18.2 Å². The highest BCUT2D eigenvalue weighted by molar-refractivity contribution is 5.78. The number of carbonyl (C=O) groups is 1. The molecular weight excluding hydrogens is 250 g/mol. The van der Waals surface area contributed by atoms with Crippen molar-refractivity contribution in [3.63, 3.8) is 0 Å². The van der Waals surface area contributed by atoms with Gasteiger partial charge in [-0.3, -0.25) is 4.79 Å². The van der Waals surface area contributed by atoms with Crippen LogP contribution < -0.4 is 5.32 Å². The summed E-state index contributed by atoms with van der Waals surface area (Å²) in [6, 6.07) is 5.56. The number of halogens is 4. The van der Waals surface area contributed by atoms with Gasteiger partial charge in [-0.2, -0.15) is 13.2 Å². The van der Waals surface area contributed by atoms with E-state index >= 15 is 0 Å². The first-order chi connectivity index (χ1) is 8.31. The van der Waals surface area contributed by atoms with Gasteiger partial charge < -0.3 is 5.32 Å². The van der Waals surface area contributed by atoms with Gasteiger partial charge in [-0.15, -0.1) is 0 Å². The zero-order valence-corrected chi connectivity index (χ0v) is 9.35. The van der Waals surface area contributed by atoms with Crippen molar-refractivity contribution in [2.45, 2.75) is 31.0 Å². The van der Waals surface area contributed by atoms with Crippen molar-refractivity contribution in [2.75, 3.05) is 0 Å². The van der Waals surface area contributed by atoms with Crippen molar-refractivity contribution in [1.29, 1.82) is 0 Å². The Morgan fingerprint density at radius 2 is 2.00 bits per heavy atom. The van der Waals surface area contributed by atoms with E-state index in [2.05, 4.69) is 5.32 Å². The zero-order chi connectivity index (χ0) is 13.4. The molecule has 6 heteroatoms. The van der Waals surface area contributed by atoms with E-state index in [4.69, 9.17) is 0 Å². The van der Waals surface area contributed by atoms with Crippen molar-refractivity contribution in [3.8, 4) is 0 Å². The second-order valence-electron chi connectivity index (χ2n) is 4.43. The first kappa shape index (κ1) is 12.9. The molecule has 18 heavy (non-hydrogen) atoms. The Balaban J connectivity index is 2.07. The fourth-order valence-corrected chi connectivity index (χ4v) is 1.89. The zero-order valence-electron chi connectivity index (χ0n) is 9.35. The summed E-state index contributed by atoms with van der Waals surface area (Å²) in [5.74, 6) is -1.55. The van der Waals surface area contributed by atoms with E-state index in [0.717, 1.165) is 0 Å². The number of alkyl halides is 3. The molecule has 0 spiro atoms. The van der Waals surface area contributed by atoms with Gasteiger partial charge >= 0.3 is 6.18 Å². The molecule has 0 saturated heterocycles. The summed E-state index contributed by atoms with van der Waals surface area (Å²) in [5.41, 5.74) is -0.303. The Morgan fingerprint density at radius 3 is 2.50 bits per heavy atom. The van der Waals surface area contributed by atoms with E-state index in [1.54, 1.807) is 6.07 Å². The Labute approximate surface area is 101 Å². The summed E-state index contributed by atoms with van der Waals surface area (Å²) >= 11 is 0. The van der Waals surface area contributed by atoms with Crippen LogP contribution in [-0.4, -0.2) is 12.1 Å². The van der Waals surface area contributed by atoms with Gasteiger partial charge in [0.15, 0.2) is 0 Å². The maximum Gasteiger partial charge on any atom is 0.397 e. The molecule has 1 aromatic carbocycles. The van der Waals surface area contributed by atoms with Crippen molar-refractivity contribution in [3.05, 3.63) is 35.6 Å². The van der Waals surface area contributed by atoms with Crippen LogP contribution in [0, 0.1) is 5.82 Å². The second kappa shape index (κ2) is 4.26. The van der Waals surface area contributed by atoms with Crippen LogP contribution in [0.15, 0.2) is 24.3 Å². The minimum atomic E-state index is -4.53. The molecule has 2 nitrogen and oxygen atoms in total. The summed E-state index contributed by atoms with van der Waals surface area (Å²) in [6.45, 7) is 0. The van der Waals surface area contributed by atoms with Crippen molar-refractivity contribution < 1.29 is 22.4 Å². The molecule has 1 amide bonds. The molecular formula is C12H11F4NO. The predicted octanol–water partition coefficient (Wildman–Crippen LogP) is 2.88. The summed E-state index contributed by atoms with van der Waals surface area (Å²) in [6.07, 6.45) is -4.98. The number of amides is 1. The molecule has 1 aromatic rings. The molecule has 0 bridgehead atoms. The molecule has 98 valence electrons. The lowest BCUT2D eigenvalue weighted by molar-refractivity contribution is -0.154. The minimum absolute atomic E-state index is 0.469. The SMILES string of the molecule is O=C(CC(F)(F)F)NC1(c2cccc(F)c2)CC1. The van der Waals surface area contributed by atoms with E-state index < -0.39 is 29.9 Å². The molecule has 0 heterocycles. The molecule has 1 fully saturated rings. The van der Waals surface area contributed by atoms with E-state index in [9.17, 15) is 22.4 Å². The van der Waals surface area contributed by atoms with Gasteiger partial charge in [0.25, 0.3) is 0 Å². The Bertz CT molecular complexity index is 465. The maximum atomic E-state index is 13.0. The third-order valence-electron chi connectivity index (χ3n) is 2.87. The highest BCUT2D eigenvalue weighted by Crippen LogP contribution is 2.45. The fraction of sp³-hybridized carbons (Fsp3) is 0.417. The highest BCUT2D eigenvalue weighted by Gasteiger charge is 2.47. The summed E-state index contributed by atoms with van der Waals surface area (Å²) in [5, 5.41) is 2.34. The summed E-state index contributed by atoms with van der Waals surface area (Å²) < 4.78 is 49.2. The van der Waals surface area contributed by atoms with Crippen LogP contribution >= 0.6 is 0 Å². The third kappa shape index (κ3) is 3.00. The Morgan fingerprint density at radius 1 is 1.33 bits per heavy atom. The molecule has 1 saturated carbocycles. The van der Waals surface area contributed by atoms with Crippen LogP contribution in [-0.2, 0) is 10.3 Å². The van der Waals surface area contributed by atoms with E-state index in [1.807, 2.05) is 0 Å². The smallest absolute Gasteiger partial charge is 0.346 e. The second-order valence-corrected chi connectivity index (χ2v) is 4.43. The maximum absolute atomic E-state index is 13.0. The monoisotopic (exact) mass is 261 g/mol.